The Morgan fingerprint density at radius 1 is 1.43 bits per heavy atom. The second-order valence-electron chi connectivity index (χ2n) is 6.14. The first-order chi connectivity index (χ1) is 11.0. The second kappa shape index (κ2) is 5.98. The van der Waals surface area contributed by atoms with Crippen LogP contribution in [0.2, 0.25) is 0 Å². The number of nitrogens with one attached hydrogen (secondary N) is 1. The van der Waals surface area contributed by atoms with Crippen LogP contribution in [0.1, 0.15) is 52.1 Å². The number of aryl methyl sites for hydroxylation is 2. The molecule has 1 fully saturated rings. The van der Waals surface area contributed by atoms with Crippen molar-refractivity contribution in [3.8, 4) is 0 Å². The smallest absolute Gasteiger partial charge is 0.261 e. The number of carbonyl (C=O) groups is 1. The third kappa shape index (κ3) is 3.33. The summed E-state index contributed by atoms with van der Waals surface area (Å²) < 4.78 is 5.20. The largest absolute Gasteiger partial charge is 0.341 e. The van der Waals surface area contributed by atoms with E-state index in [1.807, 2.05) is 0 Å². The molecule has 1 N–H and O–H groups in total. The summed E-state index contributed by atoms with van der Waals surface area (Å²) in [6.45, 7) is 3.99. The molecular weight excluding hydrogens is 296 g/mol. The van der Waals surface area contributed by atoms with E-state index in [-0.39, 0.29) is 17.0 Å². The molecule has 0 saturated heterocycles. The van der Waals surface area contributed by atoms with Crippen LogP contribution in [0, 0.1) is 13.8 Å². The van der Waals surface area contributed by atoms with Gasteiger partial charge in [0.25, 0.3) is 11.5 Å². The third-order valence-corrected chi connectivity index (χ3v) is 4.01. The van der Waals surface area contributed by atoms with Gasteiger partial charge in [-0.05, 0) is 38.3 Å². The fourth-order valence-electron chi connectivity index (χ4n) is 2.54. The lowest BCUT2D eigenvalue weighted by molar-refractivity contribution is 0.0793. The first-order valence-corrected chi connectivity index (χ1v) is 7.74. The van der Waals surface area contributed by atoms with Gasteiger partial charge in [0.05, 0.1) is 0 Å². The van der Waals surface area contributed by atoms with Crippen LogP contribution < -0.4 is 5.56 Å². The van der Waals surface area contributed by atoms with Crippen LogP contribution in [0.15, 0.2) is 15.4 Å². The Hall–Kier alpha value is -2.44. The van der Waals surface area contributed by atoms with Gasteiger partial charge < -0.3 is 14.4 Å². The third-order valence-electron chi connectivity index (χ3n) is 4.01. The number of H-pyrrole nitrogens is 1. The molecular formula is C16H20N4O3. The van der Waals surface area contributed by atoms with Crippen LogP contribution in [-0.2, 0) is 6.42 Å². The van der Waals surface area contributed by atoms with Crippen molar-refractivity contribution in [2.45, 2.75) is 39.0 Å². The normalized spacial score (nSPS) is 14.0. The summed E-state index contributed by atoms with van der Waals surface area (Å²) in [6, 6.07) is 1.80. The Morgan fingerprint density at radius 3 is 2.83 bits per heavy atom. The number of aromatic amines is 1. The van der Waals surface area contributed by atoms with Crippen LogP contribution >= 0.6 is 0 Å². The molecule has 2 heterocycles. The standard InChI is InChI=1S/C16H20N4O3/c1-9-8-10(2)17-14(21)13(9)16(22)20(3)7-6-12-18-15(23-19-12)11-4-5-11/h8,11H,4-7H2,1-3H3,(H,17,21). The Bertz CT molecular complexity index is 789. The molecule has 0 radical (unpaired) electrons. The highest BCUT2D eigenvalue weighted by Gasteiger charge is 2.29. The number of likely N-dealkylation sites (N-methyl/N-ethyl adjacent to an activating group) is 1. The molecule has 1 aliphatic carbocycles. The number of carbonyl (C=O) groups excluding carboxylic acids is 1. The van der Waals surface area contributed by atoms with Gasteiger partial charge in [-0.1, -0.05) is 5.16 Å². The van der Waals surface area contributed by atoms with Gasteiger partial charge in [0, 0.05) is 31.6 Å². The predicted octanol–water partition coefficient (Wildman–Crippen LogP) is 1.57. The maximum atomic E-state index is 12.5. The SMILES string of the molecule is Cc1cc(C)c(C(=O)N(C)CCc2noc(C3CC3)n2)c(=O)[nH]1. The highest BCUT2D eigenvalue weighted by atomic mass is 16.5. The average Bonchev–Trinajstić information content (AvgIpc) is 3.22. The van der Waals surface area contributed by atoms with Crippen molar-refractivity contribution in [1.82, 2.24) is 20.0 Å². The molecule has 0 unspecified atom stereocenters. The second-order valence-corrected chi connectivity index (χ2v) is 6.14. The lowest BCUT2D eigenvalue weighted by Crippen LogP contribution is -2.34. The molecule has 3 rings (SSSR count). The fourth-order valence-corrected chi connectivity index (χ4v) is 2.54. The van der Waals surface area contributed by atoms with Crippen LogP contribution in [0.5, 0.6) is 0 Å². The maximum absolute atomic E-state index is 12.5. The summed E-state index contributed by atoms with van der Waals surface area (Å²) in [6.07, 6.45) is 2.71. The molecule has 0 aromatic carbocycles. The minimum Gasteiger partial charge on any atom is -0.341 e. The van der Waals surface area contributed by atoms with E-state index in [2.05, 4.69) is 15.1 Å². The van der Waals surface area contributed by atoms with Crippen LogP contribution in [0.3, 0.4) is 0 Å². The van der Waals surface area contributed by atoms with Gasteiger partial charge in [0.2, 0.25) is 5.89 Å². The number of pyridine rings is 1. The monoisotopic (exact) mass is 316 g/mol. The van der Waals surface area contributed by atoms with E-state index in [4.69, 9.17) is 4.52 Å². The molecule has 2 aromatic heterocycles. The zero-order chi connectivity index (χ0) is 16.6. The van der Waals surface area contributed by atoms with Crippen molar-refractivity contribution >= 4 is 5.91 Å². The number of nitrogens with zero attached hydrogens (tertiary/aromatic N) is 3. The number of amides is 1. The van der Waals surface area contributed by atoms with E-state index in [0.717, 1.165) is 18.5 Å². The van der Waals surface area contributed by atoms with Gasteiger partial charge in [0.15, 0.2) is 5.82 Å². The number of hydrogen-bond acceptors (Lipinski definition) is 5. The first-order valence-electron chi connectivity index (χ1n) is 7.74. The lowest BCUT2D eigenvalue weighted by Gasteiger charge is -2.17. The summed E-state index contributed by atoms with van der Waals surface area (Å²) in [5.41, 5.74) is 1.25. The lowest BCUT2D eigenvalue weighted by atomic mass is 10.1. The van der Waals surface area contributed by atoms with Crippen molar-refractivity contribution in [3.05, 3.63) is 45.0 Å². The molecule has 0 bridgehead atoms. The van der Waals surface area contributed by atoms with Crippen molar-refractivity contribution < 1.29 is 9.32 Å². The first kappa shape index (κ1) is 15.5. The zero-order valence-corrected chi connectivity index (χ0v) is 13.5. The number of hydrogen-bond donors (Lipinski definition) is 1. The highest BCUT2D eigenvalue weighted by molar-refractivity contribution is 5.95. The van der Waals surface area contributed by atoms with Crippen molar-refractivity contribution in [2.24, 2.45) is 0 Å². The molecule has 7 heteroatoms. The van der Waals surface area contributed by atoms with Gasteiger partial charge in [0.1, 0.15) is 5.56 Å². The quantitative estimate of drug-likeness (QED) is 0.904. The van der Waals surface area contributed by atoms with E-state index in [1.54, 1.807) is 27.0 Å². The van der Waals surface area contributed by atoms with E-state index in [1.165, 1.54) is 4.90 Å². The van der Waals surface area contributed by atoms with Gasteiger partial charge in [-0.15, -0.1) is 0 Å². The van der Waals surface area contributed by atoms with Gasteiger partial charge >= 0.3 is 0 Å². The minimum absolute atomic E-state index is 0.185. The summed E-state index contributed by atoms with van der Waals surface area (Å²) >= 11 is 0. The topological polar surface area (TPSA) is 92.1 Å². The Morgan fingerprint density at radius 2 is 2.17 bits per heavy atom. The fraction of sp³-hybridized carbons (Fsp3) is 0.500. The Labute approximate surface area is 133 Å². The van der Waals surface area contributed by atoms with E-state index < -0.39 is 0 Å². The predicted molar refractivity (Wildman–Crippen MR) is 83.5 cm³/mol. The molecule has 0 aliphatic heterocycles. The minimum atomic E-state index is -0.352. The number of rotatable bonds is 5. The molecule has 7 nitrogen and oxygen atoms in total. The highest BCUT2D eigenvalue weighted by Crippen LogP contribution is 2.38. The van der Waals surface area contributed by atoms with Crippen molar-refractivity contribution in [1.29, 1.82) is 0 Å². The summed E-state index contributed by atoms with van der Waals surface area (Å²) in [7, 11) is 1.67. The van der Waals surface area contributed by atoms with E-state index >= 15 is 0 Å². The van der Waals surface area contributed by atoms with Crippen LogP contribution in [-0.4, -0.2) is 39.5 Å². The molecule has 1 saturated carbocycles. The molecule has 122 valence electrons. The van der Waals surface area contributed by atoms with E-state index in [9.17, 15) is 9.59 Å². The molecule has 1 aliphatic rings. The Kier molecular flexibility index (Phi) is 4.02. The average molecular weight is 316 g/mol. The zero-order valence-electron chi connectivity index (χ0n) is 13.5. The van der Waals surface area contributed by atoms with Gasteiger partial charge in [-0.3, -0.25) is 9.59 Å². The summed E-state index contributed by atoms with van der Waals surface area (Å²) in [5, 5.41) is 3.94. The van der Waals surface area contributed by atoms with Crippen LogP contribution in [0.25, 0.3) is 0 Å². The molecule has 2 aromatic rings. The molecule has 0 spiro atoms. The van der Waals surface area contributed by atoms with Crippen molar-refractivity contribution in [3.63, 3.8) is 0 Å². The number of aromatic nitrogens is 3. The van der Waals surface area contributed by atoms with Gasteiger partial charge in [-0.25, -0.2) is 0 Å². The molecule has 0 atom stereocenters. The van der Waals surface area contributed by atoms with Crippen LogP contribution in [0.4, 0.5) is 0 Å². The summed E-state index contributed by atoms with van der Waals surface area (Å²) in [5.74, 6) is 1.42. The summed E-state index contributed by atoms with van der Waals surface area (Å²) in [4.78, 5) is 33.0. The Balaban J connectivity index is 1.66. The van der Waals surface area contributed by atoms with E-state index in [0.29, 0.717) is 36.2 Å². The van der Waals surface area contributed by atoms with Gasteiger partial charge in [-0.2, -0.15) is 4.98 Å². The maximum Gasteiger partial charge on any atom is 0.261 e. The molecule has 23 heavy (non-hydrogen) atoms. The molecule has 1 amide bonds. The van der Waals surface area contributed by atoms with Crippen molar-refractivity contribution in [2.75, 3.05) is 13.6 Å².